The summed E-state index contributed by atoms with van der Waals surface area (Å²) in [5.41, 5.74) is 5.09. The highest BCUT2D eigenvalue weighted by Gasteiger charge is 2.12. The Morgan fingerprint density at radius 2 is 1.81 bits per heavy atom. The van der Waals surface area contributed by atoms with E-state index in [1.807, 2.05) is 45.0 Å². The fourth-order valence-corrected chi connectivity index (χ4v) is 2.61. The lowest BCUT2D eigenvalue weighted by atomic mass is 10.1. The molecule has 0 aliphatic rings. The number of anilines is 3. The third kappa shape index (κ3) is 4.28. The quantitative estimate of drug-likeness (QED) is 0.728. The molecule has 0 radical (unpaired) electrons. The van der Waals surface area contributed by atoms with E-state index in [1.165, 1.54) is 0 Å². The van der Waals surface area contributed by atoms with E-state index < -0.39 is 0 Å². The molecule has 27 heavy (non-hydrogen) atoms. The predicted molar refractivity (Wildman–Crippen MR) is 105 cm³/mol. The molecule has 6 nitrogen and oxygen atoms in total. The molecule has 0 spiro atoms. The first kappa shape index (κ1) is 18.1. The zero-order valence-electron chi connectivity index (χ0n) is 15.4. The molecule has 1 aromatic heterocycles. The van der Waals surface area contributed by atoms with Crippen molar-refractivity contribution in [3.8, 4) is 6.07 Å². The van der Waals surface area contributed by atoms with Gasteiger partial charge in [0.15, 0.2) is 0 Å². The van der Waals surface area contributed by atoms with Crippen LogP contribution in [0.25, 0.3) is 0 Å². The molecule has 3 rings (SSSR count). The molecular formula is C21H19N5O. The molecule has 2 aromatic carbocycles. The average molecular weight is 357 g/mol. The molecule has 0 saturated heterocycles. The Balaban J connectivity index is 1.85. The van der Waals surface area contributed by atoms with E-state index in [0.717, 1.165) is 16.8 Å². The summed E-state index contributed by atoms with van der Waals surface area (Å²) in [6, 6.07) is 16.3. The molecule has 0 atom stereocenters. The smallest absolute Gasteiger partial charge is 0.274 e. The Bertz CT molecular complexity index is 1050. The van der Waals surface area contributed by atoms with Crippen LogP contribution in [0.4, 0.5) is 17.3 Å². The zero-order valence-corrected chi connectivity index (χ0v) is 15.4. The summed E-state index contributed by atoms with van der Waals surface area (Å²) in [5.74, 6) is -0.000713. The highest BCUT2D eigenvalue weighted by molar-refractivity contribution is 6.03. The maximum absolute atomic E-state index is 12.6. The van der Waals surface area contributed by atoms with Gasteiger partial charge in [-0.25, -0.2) is 9.97 Å². The minimum Gasteiger partial charge on any atom is -0.324 e. The van der Waals surface area contributed by atoms with Gasteiger partial charge in [-0.3, -0.25) is 4.79 Å². The molecule has 0 unspecified atom stereocenters. The van der Waals surface area contributed by atoms with Gasteiger partial charge < -0.3 is 10.6 Å². The number of aromatic nitrogens is 2. The van der Waals surface area contributed by atoms with Crippen molar-refractivity contribution in [2.24, 2.45) is 0 Å². The molecule has 0 saturated carbocycles. The highest BCUT2D eigenvalue weighted by atomic mass is 16.1. The minimum absolute atomic E-state index is 0.248. The number of aryl methyl sites for hydroxylation is 2. The normalized spacial score (nSPS) is 10.1. The van der Waals surface area contributed by atoms with Crippen LogP contribution < -0.4 is 10.6 Å². The van der Waals surface area contributed by atoms with Gasteiger partial charge in [0.25, 0.3) is 5.91 Å². The highest BCUT2D eigenvalue weighted by Crippen LogP contribution is 2.21. The number of carbonyl (C=O) groups excluding carboxylic acids is 1. The van der Waals surface area contributed by atoms with E-state index in [-0.39, 0.29) is 11.6 Å². The lowest BCUT2D eigenvalue weighted by molar-refractivity contribution is 0.102. The van der Waals surface area contributed by atoms with E-state index in [9.17, 15) is 4.79 Å². The number of hydrogen-bond acceptors (Lipinski definition) is 5. The van der Waals surface area contributed by atoms with Crippen LogP contribution in [0.5, 0.6) is 0 Å². The molecule has 134 valence electrons. The van der Waals surface area contributed by atoms with Crippen molar-refractivity contribution in [3.05, 3.63) is 76.6 Å². The summed E-state index contributed by atoms with van der Waals surface area (Å²) in [5, 5.41) is 14.9. The van der Waals surface area contributed by atoms with Crippen LogP contribution in [-0.4, -0.2) is 15.9 Å². The number of carbonyl (C=O) groups is 1. The Morgan fingerprint density at radius 1 is 1.04 bits per heavy atom. The fraction of sp³-hybridized carbons (Fsp3) is 0.143. The number of nitrogens with one attached hydrogen (secondary N) is 2. The van der Waals surface area contributed by atoms with Crippen molar-refractivity contribution in [2.45, 2.75) is 20.8 Å². The van der Waals surface area contributed by atoms with E-state index in [1.54, 1.807) is 30.3 Å². The molecule has 0 aliphatic heterocycles. The van der Waals surface area contributed by atoms with Crippen molar-refractivity contribution < 1.29 is 4.79 Å². The van der Waals surface area contributed by atoms with Gasteiger partial charge >= 0.3 is 0 Å². The van der Waals surface area contributed by atoms with Crippen LogP contribution in [0, 0.1) is 32.1 Å². The molecule has 0 bridgehead atoms. The number of amides is 1. The van der Waals surface area contributed by atoms with Crippen LogP contribution in [0.1, 0.15) is 32.9 Å². The SMILES string of the molecule is Cc1cc(C(=O)Nc2cccc(C#N)c2)nc(Nc2cccc(C)c2C)n1. The van der Waals surface area contributed by atoms with Gasteiger partial charge in [-0.15, -0.1) is 0 Å². The summed E-state index contributed by atoms with van der Waals surface area (Å²) in [4.78, 5) is 21.3. The van der Waals surface area contributed by atoms with Crippen molar-refractivity contribution in [2.75, 3.05) is 10.6 Å². The largest absolute Gasteiger partial charge is 0.324 e. The molecule has 0 fully saturated rings. The van der Waals surface area contributed by atoms with Crippen molar-refractivity contribution >= 4 is 23.2 Å². The lowest BCUT2D eigenvalue weighted by Crippen LogP contribution is -2.15. The molecule has 0 aliphatic carbocycles. The van der Waals surface area contributed by atoms with Crippen LogP contribution in [0.3, 0.4) is 0 Å². The molecule has 3 aromatic rings. The number of benzene rings is 2. The van der Waals surface area contributed by atoms with E-state index in [2.05, 4.69) is 20.6 Å². The van der Waals surface area contributed by atoms with Gasteiger partial charge in [-0.05, 0) is 62.2 Å². The van der Waals surface area contributed by atoms with Gasteiger partial charge in [0.05, 0.1) is 11.6 Å². The van der Waals surface area contributed by atoms with Crippen LogP contribution in [0.2, 0.25) is 0 Å². The second-order valence-electron chi connectivity index (χ2n) is 6.24. The first-order chi connectivity index (χ1) is 13.0. The van der Waals surface area contributed by atoms with Gasteiger partial charge in [0, 0.05) is 17.1 Å². The zero-order chi connectivity index (χ0) is 19.4. The Hall–Kier alpha value is -3.72. The molecule has 2 N–H and O–H groups in total. The number of nitriles is 1. The maximum Gasteiger partial charge on any atom is 0.274 e. The first-order valence-corrected chi connectivity index (χ1v) is 8.46. The third-order valence-electron chi connectivity index (χ3n) is 4.19. The van der Waals surface area contributed by atoms with Gasteiger partial charge in [-0.1, -0.05) is 18.2 Å². The Kier molecular flexibility index (Phi) is 5.13. The van der Waals surface area contributed by atoms with Crippen molar-refractivity contribution in [1.29, 1.82) is 5.26 Å². The fourth-order valence-electron chi connectivity index (χ4n) is 2.61. The summed E-state index contributed by atoms with van der Waals surface area (Å²) < 4.78 is 0. The maximum atomic E-state index is 12.6. The van der Waals surface area contributed by atoms with Crippen LogP contribution in [0.15, 0.2) is 48.5 Å². The Labute approximate surface area is 157 Å². The number of nitrogens with zero attached hydrogens (tertiary/aromatic N) is 3. The lowest BCUT2D eigenvalue weighted by Gasteiger charge is -2.12. The minimum atomic E-state index is -0.361. The van der Waals surface area contributed by atoms with Crippen molar-refractivity contribution in [1.82, 2.24) is 9.97 Å². The van der Waals surface area contributed by atoms with Gasteiger partial charge in [-0.2, -0.15) is 5.26 Å². The summed E-state index contributed by atoms with van der Waals surface area (Å²) in [7, 11) is 0. The topological polar surface area (TPSA) is 90.7 Å². The molecular weight excluding hydrogens is 338 g/mol. The standard InChI is InChI=1S/C21H19N5O/c1-13-6-4-9-18(15(13)3)25-21-23-14(2)10-19(26-21)20(27)24-17-8-5-7-16(11-17)12-22/h4-11H,1-3H3,(H,24,27)(H,23,25,26). The molecule has 1 amide bonds. The molecule has 6 heteroatoms. The van der Waals surface area contributed by atoms with Crippen LogP contribution in [-0.2, 0) is 0 Å². The molecule has 1 heterocycles. The van der Waals surface area contributed by atoms with Crippen molar-refractivity contribution in [3.63, 3.8) is 0 Å². The number of hydrogen-bond donors (Lipinski definition) is 2. The monoisotopic (exact) mass is 357 g/mol. The number of rotatable bonds is 4. The van der Waals surface area contributed by atoms with Gasteiger partial charge in [0.1, 0.15) is 5.69 Å². The second-order valence-corrected chi connectivity index (χ2v) is 6.24. The Morgan fingerprint density at radius 3 is 2.59 bits per heavy atom. The van der Waals surface area contributed by atoms with E-state index >= 15 is 0 Å². The van der Waals surface area contributed by atoms with Crippen LogP contribution >= 0.6 is 0 Å². The third-order valence-corrected chi connectivity index (χ3v) is 4.19. The van der Waals surface area contributed by atoms with Gasteiger partial charge in [0.2, 0.25) is 5.95 Å². The summed E-state index contributed by atoms with van der Waals surface area (Å²) >= 11 is 0. The van der Waals surface area contributed by atoms with E-state index in [0.29, 0.717) is 22.9 Å². The predicted octanol–water partition coefficient (Wildman–Crippen LogP) is 4.27. The van der Waals surface area contributed by atoms with E-state index in [4.69, 9.17) is 5.26 Å². The summed E-state index contributed by atoms with van der Waals surface area (Å²) in [6.07, 6.45) is 0. The first-order valence-electron chi connectivity index (χ1n) is 8.46. The average Bonchev–Trinajstić information content (AvgIpc) is 2.65. The second kappa shape index (κ2) is 7.67. The summed E-state index contributed by atoms with van der Waals surface area (Å²) in [6.45, 7) is 5.86.